The molecule has 0 spiro atoms. The first-order valence-electron chi connectivity index (χ1n) is 9.59. The van der Waals surface area contributed by atoms with Gasteiger partial charge in [-0.1, -0.05) is 30.4 Å². The van der Waals surface area contributed by atoms with Gasteiger partial charge in [-0.15, -0.1) is 0 Å². The normalized spacial score (nSPS) is 19.1. The number of rotatable bonds is 1. The van der Waals surface area contributed by atoms with Gasteiger partial charge in [0.05, 0.1) is 23.4 Å². The lowest BCUT2D eigenvalue weighted by Crippen LogP contribution is -2.49. The fourth-order valence-electron chi connectivity index (χ4n) is 3.43. The third-order valence-corrected chi connectivity index (χ3v) is 5.14. The quantitative estimate of drug-likeness (QED) is 0.371. The van der Waals surface area contributed by atoms with Gasteiger partial charge in [0.15, 0.2) is 0 Å². The van der Waals surface area contributed by atoms with Crippen LogP contribution in [-0.2, 0) is 0 Å². The van der Waals surface area contributed by atoms with Crippen LogP contribution in [0.15, 0.2) is 42.5 Å². The maximum absolute atomic E-state index is 9.95. The molecule has 0 bridgehead atoms. The first-order valence-corrected chi connectivity index (χ1v) is 9.97. The van der Waals surface area contributed by atoms with Crippen LogP contribution in [0.3, 0.4) is 0 Å². The van der Waals surface area contributed by atoms with Crippen LogP contribution in [0.4, 0.5) is 17.1 Å². The number of nitrogens with one attached hydrogen (secondary N) is 1. The second-order valence-electron chi connectivity index (χ2n) is 8.02. The van der Waals surface area contributed by atoms with Crippen LogP contribution in [-0.4, -0.2) is 29.3 Å². The Labute approximate surface area is 177 Å². The minimum absolute atomic E-state index is 0.101. The van der Waals surface area contributed by atoms with E-state index in [0.717, 1.165) is 22.6 Å². The molecule has 3 rings (SSSR count). The summed E-state index contributed by atoms with van der Waals surface area (Å²) < 4.78 is 0. The highest BCUT2D eigenvalue weighted by Gasteiger charge is 2.32. The number of benzene rings is 2. The number of aliphatic hydroxyl groups is 1. The molecule has 0 saturated carbocycles. The highest BCUT2D eigenvalue weighted by Crippen LogP contribution is 2.40. The summed E-state index contributed by atoms with van der Waals surface area (Å²) in [4.78, 5) is 4.05. The van der Waals surface area contributed by atoms with Crippen molar-refractivity contribution >= 4 is 34.5 Å². The number of nitrogens with zero attached hydrogens (tertiary/aromatic N) is 2. The fourth-order valence-corrected chi connectivity index (χ4v) is 3.55. The Kier molecular flexibility index (Phi) is 5.90. The van der Waals surface area contributed by atoms with Crippen LogP contribution in [0.1, 0.15) is 33.3 Å². The van der Waals surface area contributed by atoms with E-state index in [-0.39, 0.29) is 12.1 Å². The molecule has 2 aromatic rings. The summed E-state index contributed by atoms with van der Waals surface area (Å²) in [7, 11) is 0. The lowest BCUT2D eigenvalue weighted by atomic mass is 10.1. The van der Waals surface area contributed by atoms with Gasteiger partial charge in [0.25, 0.3) is 0 Å². The van der Waals surface area contributed by atoms with Gasteiger partial charge in [0.2, 0.25) is 0 Å². The van der Waals surface area contributed by atoms with Crippen LogP contribution in [0, 0.1) is 23.2 Å². The molecule has 0 aromatic heterocycles. The van der Waals surface area contributed by atoms with Crippen LogP contribution in [0.5, 0.6) is 0 Å². The molecule has 0 amide bonds. The predicted octanol–water partition coefficient (Wildman–Crippen LogP) is 4.34. The number of hydrogen-bond acceptors (Lipinski definition) is 4. The molecule has 1 aliphatic heterocycles. The smallest absolute Gasteiger partial charge is 0.120 e. The molecule has 0 aliphatic carbocycles. The molecule has 6 heteroatoms. The molecule has 1 aliphatic rings. The van der Waals surface area contributed by atoms with Crippen molar-refractivity contribution in [3.8, 4) is 11.8 Å². The number of anilines is 3. The zero-order valence-corrected chi connectivity index (χ0v) is 18.0. The molecule has 29 heavy (non-hydrogen) atoms. The van der Waals surface area contributed by atoms with E-state index >= 15 is 0 Å². The first-order chi connectivity index (χ1) is 13.6. The summed E-state index contributed by atoms with van der Waals surface area (Å²) in [5.41, 5.74) is 9.02. The second-order valence-corrected chi connectivity index (χ2v) is 8.46. The summed E-state index contributed by atoms with van der Waals surface area (Å²) in [6.45, 7) is 7.83. The summed E-state index contributed by atoms with van der Waals surface area (Å²) in [5, 5.41) is 18.9. The van der Waals surface area contributed by atoms with E-state index in [4.69, 9.17) is 22.7 Å². The molecule has 1 heterocycles. The number of fused-ring (bicyclic) bond motifs is 1. The van der Waals surface area contributed by atoms with E-state index in [2.05, 4.69) is 23.7 Å². The van der Waals surface area contributed by atoms with Crippen molar-refractivity contribution in [2.45, 2.75) is 39.5 Å². The number of hydrogen-bond donors (Lipinski definition) is 3. The molecule has 4 N–H and O–H groups in total. The Morgan fingerprint density at radius 2 is 1.86 bits per heavy atom. The first kappa shape index (κ1) is 21.2. The van der Waals surface area contributed by atoms with Crippen molar-refractivity contribution in [3.05, 3.63) is 53.1 Å². The summed E-state index contributed by atoms with van der Waals surface area (Å²) >= 11 is 6.09. The Morgan fingerprint density at radius 3 is 2.45 bits per heavy atom. The SMILES string of the molecule is CC(=N)N1c2ccc(C#CC(C)(C)O)cc2N(c2ccc(Cl)cc2)CC(C)C1N. The minimum Gasteiger partial charge on any atom is -0.378 e. The zero-order chi connectivity index (χ0) is 21.3. The highest BCUT2D eigenvalue weighted by atomic mass is 35.5. The fraction of sp³-hybridized carbons (Fsp3) is 0.348. The average molecular weight is 411 g/mol. The monoisotopic (exact) mass is 410 g/mol. The Morgan fingerprint density at radius 1 is 1.21 bits per heavy atom. The van der Waals surface area contributed by atoms with E-state index in [1.54, 1.807) is 20.8 Å². The lowest BCUT2D eigenvalue weighted by molar-refractivity contribution is 0.143. The van der Waals surface area contributed by atoms with Crippen molar-refractivity contribution in [3.63, 3.8) is 0 Å². The number of amidine groups is 1. The Balaban J connectivity index is 2.20. The van der Waals surface area contributed by atoms with Gasteiger partial charge in [0, 0.05) is 28.7 Å². The Bertz CT molecular complexity index is 969. The van der Waals surface area contributed by atoms with E-state index in [1.807, 2.05) is 47.4 Å². The van der Waals surface area contributed by atoms with Gasteiger partial charge >= 0.3 is 0 Å². The summed E-state index contributed by atoms with van der Waals surface area (Å²) in [5.74, 6) is 6.40. The van der Waals surface area contributed by atoms with Gasteiger partial charge in [0.1, 0.15) is 5.60 Å². The maximum atomic E-state index is 9.95. The second kappa shape index (κ2) is 8.08. The van der Waals surface area contributed by atoms with Crippen molar-refractivity contribution in [1.82, 2.24) is 0 Å². The number of halogens is 1. The molecule has 0 radical (unpaired) electrons. The van der Waals surface area contributed by atoms with E-state index in [1.165, 1.54) is 0 Å². The third-order valence-electron chi connectivity index (χ3n) is 4.89. The third kappa shape index (κ3) is 4.73. The van der Waals surface area contributed by atoms with Crippen LogP contribution < -0.4 is 15.5 Å². The van der Waals surface area contributed by atoms with Gasteiger partial charge in [-0.2, -0.15) is 0 Å². The molecular weight excluding hydrogens is 384 g/mol. The standard InChI is InChI=1S/C23H27ClN4O/c1-15-14-27(19-8-6-18(24)7-9-19)21-13-17(11-12-23(3,4)29)5-10-20(21)28(16(2)25)22(15)26/h5-10,13,15,22,25,29H,14,26H2,1-4H3. The molecular formula is C23H27ClN4O. The van der Waals surface area contributed by atoms with Gasteiger partial charge in [-0.3, -0.25) is 5.41 Å². The minimum atomic E-state index is -1.07. The van der Waals surface area contributed by atoms with Crippen molar-refractivity contribution in [2.75, 3.05) is 16.3 Å². The molecule has 152 valence electrons. The molecule has 0 fully saturated rings. The van der Waals surface area contributed by atoms with Crippen molar-refractivity contribution in [1.29, 1.82) is 5.41 Å². The van der Waals surface area contributed by atoms with Gasteiger partial charge in [-0.25, -0.2) is 0 Å². The molecule has 0 saturated heterocycles. The van der Waals surface area contributed by atoms with Gasteiger partial charge < -0.3 is 20.6 Å². The van der Waals surface area contributed by atoms with Crippen LogP contribution in [0.2, 0.25) is 5.02 Å². The summed E-state index contributed by atoms with van der Waals surface area (Å²) in [6, 6.07) is 13.5. The van der Waals surface area contributed by atoms with E-state index in [0.29, 0.717) is 17.4 Å². The van der Waals surface area contributed by atoms with Crippen LogP contribution >= 0.6 is 11.6 Å². The molecule has 2 unspecified atom stereocenters. The van der Waals surface area contributed by atoms with E-state index < -0.39 is 5.60 Å². The maximum Gasteiger partial charge on any atom is 0.120 e. The van der Waals surface area contributed by atoms with Crippen LogP contribution in [0.25, 0.3) is 0 Å². The van der Waals surface area contributed by atoms with Gasteiger partial charge in [-0.05, 0) is 63.2 Å². The molecule has 2 atom stereocenters. The van der Waals surface area contributed by atoms with Crippen molar-refractivity contribution in [2.24, 2.45) is 11.7 Å². The van der Waals surface area contributed by atoms with E-state index in [9.17, 15) is 5.11 Å². The lowest BCUT2D eigenvalue weighted by Gasteiger charge is -2.31. The zero-order valence-electron chi connectivity index (χ0n) is 17.2. The Hall–Kier alpha value is -2.52. The summed E-state index contributed by atoms with van der Waals surface area (Å²) in [6.07, 6.45) is -0.322. The molecule has 5 nitrogen and oxygen atoms in total. The highest BCUT2D eigenvalue weighted by molar-refractivity contribution is 6.30. The molecule has 2 aromatic carbocycles. The predicted molar refractivity (Wildman–Crippen MR) is 121 cm³/mol. The van der Waals surface area contributed by atoms with Crippen molar-refractivity contribution < 1.29 is 5.11 Å². The number of nitrogens with two attached hydrogens (primary N) is 1. The largest absolute Gasteiger partial charge is 0.378 e. The topological polar surface area (TPSA) is 76.6 Å². The average Bonchev–Trinajstić information content (AvgIpc) is 2.75.